The van der Waals surface area contributed by atoms with Crippen molar-refractivity contribution in [2.24, 2.45) is 5.10 Å². The number of hydrogen-bond donors (Lipinski definition) is 1. The maximum absolute atomic E-state index is 11.7. The minimum atomic E-state index is -0.118. The Bertz CT molecular complexity index is 644. The summed E-state index contributed by atoms with van der Waals surface area (Å²) in [5.41, 5.74) is 4.58. The largest absolute Gasteiger partial charge is 0.272 e. The summed E-state index contributed by atoms with van der Waals surface area (Å²) in [4.78, 5) is 11.7. The summed E-state index contributed by atoms with van der Waals surface area (Å²) in [5.74, 6) is 1.04. The lowest BCUT2D eigenvalue weighted by atomic mass is 10.2. The van der Waals surface area contributed by atoms with Crippen LogP contribution in [0.3, 0.4) is 0 Å². The lowest BCUT2D eigenvalue weighted by Crippen LogP contribution is -2.19. The van der Waals surface area contributed by atoms with E-state index in [-0.39, 0.29) is 5.91 Å². The van der Waals surface area contributed by atoms with Crippen LogP contribution in [-0.4, -0.2) is 17.9 Å². The third-order valence-corrected chi connectivity index (χ3v) is 4.47. The molecule has 0 aliphatic heterocycles. The average Bonchev–Trinajstić information content (AvgIpc) is 2.51. The molecule has 0 atom stereocenters. The van der Waals surface area contributed by atoms with E-state index < -0.39 is 0 Å². The molecule has 0 radical (unpaired) electrons. The van der Waals surface area contributed by atoms with Crippen molar-refractivity contribution in [2.75, 3.05) is 5.75 Å². The number of benzene rings is 2. The second-order valence-electron chi connectivity index (χ2n) is 4.46. The standard InChI is InChI=1S/C16H14BrClN2OS/c17-14-5-1-13(2-6-14)10-22-11-16(21)20-19-9-12-3-7-15(18)8-4-12/h1-9H,10-11H2,(H,20,21). The number of amides is 1. The first kappa shape index (κ1) is 17.1. The van der Waals surface area contributed by atoms with Crippen molar-refractivity contribution in [1.82, 2.24) is 5.43 Å². The molecule has 6 heteroatoms. The molecule has 3 nitrogen and oxygen atoms in total. The molecule has 0 aliphatic carbocycles. The third-order valence-electron chi connectivity index (χ3n) is 2.69. The SMILES string of the molecule is O=C(CSCc1ccc(Br)cc1)NN=Cc1ccc(Cl)cc1. The van der Waals surface area contributed by atoms with E-state index in [9.17, 15) is 4.79 Å². The van der Waals surface area contributed by atoms with Crippen LogP contribution in [0.25, 0.3) is 0 Å². The maximum atomic E-state index is 11.7. The van der Waals surface area contributed by atoms with Gasteiger partial charge in [0.05, 0.1) is 12.0 Å². The molecule has 0 unspecified atom stereocenters. The molecule has 1 N–H and O–H groups in total. The zero-order valence-corrected chi connectivity index (χ0v) is 14.8. The topological polar surface area (TPSA) is 41.5 Å². The Balaban J connectivity index is 1.69. The van der Waals surface area contributed by atoms with Gasteiger partial charge >= 0.3 is 0 Å². The predicted molar refractivity (Wildman–Crippen MR) is 97.5 cm³/mol. The molecule has 0 aliphatic rings. The highest BCUT2D eigenvalue weighted by Gasteiger charge is 2.00. The first-order valence-corrected chi connectivity index (χ1v) is 8.86. The first-order chi connectivity index (χ1) is 10.6. The molecule has 0 spiro atoms. The normalized spacial score (nSPS) is 10.8. The molecule has 0 bridgehead atoms. The van der Waals surface area contributed by atoms with E-state index in [2.05, 4.69) is 26.5 Å². The number of rotatable bonds is 6. The molecule has 0 heterocycles. The molecule has 0 fully saturated rings. The van der Waals surface area contributed by atoms with Crippen LogP contribution in [0.1, 0.15) is 11.1 Å². The molecule has 114 valence electrons. The number of halogens is 2. The van der Waals surface area contributed by atoms with Gasteiger partial charge < -0.3 is 0 Å². The summed E-state index contributed by atoms with van der Waals surface area (Å²) in [6, 6.07) is 15.3. The number of hydrogen-bond acceptors (Lipinski definition) is 3. The van der Waals surface area contributed by atoms with Crippen LogP contribution in [-0.2, 0) is 10.5 Å². The van der Waals surface area contributed by atoms with Crippen molar-refractivity contribution >= 4 is 51.4 Å². The highest BCUT2D eigenvalue weighted by molar-refractivity contribution is 9.10. The van der Waals surface area contributed by atoms with Crippen LogP contribution in [0.5, 0.6) is 0 Å². The molecule has 0 saturated carbocycles. The average molecular weight is 398 g/mol. The molecule has 1 amide bonds. The molecule has 2 aromatic carbocycles. The number of hydrazone groups is 1. The van der Waals surface area contributed by atoms with Crippen LogP contribution in [0.15, 0.2) is 58.1 Å². The van der Waals surface area contributed by atoms with Crippen LogP contribution in [0.2, 0.25) is 5.02 Å². The van der Waals surface area contributed by atoms with Gasteiger partial charge in [-0.2, -0.15) is 5.10 Å². The van der Waals surface area contributed by atoms with Crippen molar-refractivity contribution in [3.63, 3.8) is 0 Å². The van der Waals surface area contributed by atoms with Crippen molar-refractivity contribution in [3.8, 4) is 0 Å². The van der Waals surface area contributed by atoms with Crippen molar-refractivity contribution < 1.29 is 4.79 Å². The van der Waals surface area contributed by atoms with E-state index in [1.54, 1.807) is 30.1 Å². The van der Waals surface area contributed by atoms with Gasteiger partial charge in [-0.3, -0.25) is 4.79 Å². The quantitative estimate of drug-likeness (QED) is 0.576. The fourth-order valence-electron chi connectivity index (χ4n) is 1.60. The zero-order valence-electron chi connectivity index (χ0n) is 11.6. The Hall–Kier alpha value is -1.30. The van der Waals surface area contributed by atoms with Crippen LogP contribution >= 0.6 is 39.3 Å². The minimum absolute atomic E-state index is 0.118. The molecular formula is C16H14BrClN2OS. The van der Waals surface area contributed by atoms with Crippen LogP contribution < -0.4 is 5.43 Å². The fourth-order valence-corrected chi connectivity index (χ4v) is 2.77. The van der Waals surface area contributed by atoms with Crippen LogP contribution in [0.4, 0.5) is 0 Å². The Kier molecular flexibility index (Phi) is 6.96. The smallest absolute Gasteiger partial charge is 0.250 e. The summed E-state index contributed by atoms with van der Waals surface area (Å²) in [6.07, 6.45) is 1.59. The molecular weight excluding hydrogens is 384 g/mol. The van der Waals surface area contributed by atoms with Gasteiger partial charge in [0.1, 0.15) is 0 Å². The molecule has 2 rings (SSSR count). The van der Waals surface area contributed by atoms with Crippen molar-refractivity contribution in [1.29, 1.82) is 0 Å². The molecule has 22 heavy (non-hydrogen) atoms. The lowest BCUT2D eigenvalue weighted by Gasteiger charge is -2.02. The first-order valence-electron chi connectivity index (χ1n) is 6.53. The highest BCUT2D eigenvalue weighted by atomic mass is 79.9. The van der Waals surface area contributed by atoms with Gasteiger partial charge in [-0.15, -0.1) is 11.8 Å². The molecule has 0 saturated heterocycles. The summed E-state index contributed by atoms with van der Waals surface area (Å²) in [5, 5.41) is 4.59. The van der Waals surface area contributed by atoms with Gasteiger partial charge in [0, 0.05) is 15.2 Å². The second kappa shape index (κ2) is 8.98. The highest BCUT2D eigenvalue weighted by Crippen LogP contribution is 2.15. The summed E-state index contributed by atoms with van der Waals surface area (Å²) in [7, 11) is 0. The van der Waals surface area contributed by atoms with Gasteiger partial charge in [0.2, 0.25) is 5.91 Å². The van der Waals surface area contributed by atoms with Crippen molar-refractivity contribution in [3.05, 3.63) is 69.2 Å². The zero-order chi connectivity index (χ0) is 15.8. The monoisotopic (exact) mass is 396 g/mol. The second-order valence-corrected chi connectivity index (χ2v) is 6.80. The van der Waals surface area contributed by atoms with Gasteiger partial charge in [0.25, 0.3) is 0 Å². The molecule has 2 aromatic rings. The van der Waals surface area contributed by atoms with Gasteiger partial charge in [-0.25, -0.2) is 5.43 Å². The number of nitrogens with zero attached hydrogens (tertiary/aromatic N) is 1. The van der Waals surface area contributed by atoms with E-state index >= 15 is 0 Å². The third kappa shape index (κ3) is 6.22. The summed E-state index contributed by atoms with van der Waals surface area (Å²) >= 11 is 10.7. The Morgan fingerprint density at radius 1 is 1.18 bits per heavy atom. The van der Waals surface area contributed by atoms with Crippen LogP contribution in [0, 0.1) is 0 Å². The summed E-state index contributed by atoms with van der Waals surface area (Å²) in [6.45, 7) is 0. The molecule has 0 aromatic heterocycles. The Morgan fingerprint density at radius 3 is 2.55 bits per heavy atom. The minimum Gasteiger partial charge on any atom is -0.272 e. The fraction of sp³-hybridized carbons (Fsp3) is 0.125. The maximum Gasteiger partial charge on any atom is 0.250 e. The van der Waals surface area contributed by atoms with E-state index in [0.717, 1.165) is 15.8 Å². The Labute approximate surface area is 147 Å². The Morgan fingerprint density at radius 2 is 1.86 bits per heavy atom. The number of nitrogens with one attached hydrogen (secondary N) is 1. The number of carbonyl (C=O) groups excluding carboxylic acids is 1. The van der Waals surface area contributed by atoms with E-state index in [1.807, 2.05) is 36.4 Å². The van der Waals surface area contributed by atoms with E-state index in [0.29, 0.717) is 10.8 Å². The van der Waals surface area contributed by atoms with Crippen molar-refractivity contribution in [2.45, 2.75) is 5.75 Å². The van der Waals surface area contributed by atoms with Gasteiger partial charge in [-0.05, 0) is 35.4 Å². The lowest BCUT2D eigenvalue weighted by molar-refractivity contribution is -0.118. The predicted octanol–water partition coefficient (Wildman–Crippen LogP) is 4.49. The van der Waals surface area contributed by atoms with E-state index in [4.69, 9.17) is 11.6 Å². The van der Waals surface area contributed by atoms with E-state index in [1.165, 1.54) is 5.56 Å². The number of carbonyl (C=O) groups is 1. The van der Waals surface area contributed by atoms with Gasteiger partial charge in [0.15, 0.2) is 0 Å². The summed E-state index contributed by atoms with van der Waals surface area (Å²) < 4.78 is 1.05. The number of thioether (sulfide) groups is 1. The van der Waals surface area contributed by atoms with Gasteiger partial charge in [-0.1, -0.05) is 51.8 Å².